The fourth-order valence-corrected chi connectivity index (χ4v) is 2.20. The molecular weight excluding hydrogens is 220 g/mol. The first-order valence-electron chi connectivity index (χ1n) is 5.46. The van der Waals surface area contributed by atoms with Gasteiger partial charge >= 0.3 is 0 Å². The van der Waals surface area contributed by atoms with Gasteiger partial charge in [-0.1, -0.05) is 19.9 Å². The summed E-state index contributed by atoms with van der Waals surface area (Å²) in [6.07, 6.45) is 0. The molecule has 0 aliphatic rings. The van der Waals surface area contributed by atoms with E-state index in [2.05, 4.69) is 35.9 Å². The van der Waals surface area contributed by atoms with Gasteiger partial charge in [0.25, 0.3) is 0 Å². The van der Waals surface area contributed by atoms with Crippen molar-refractivity contribution in [2.45, 2.75) is 32.2 Å². The third-order valence-electron chi connectivity index (χ3n) is 2.72. The summed E-state index contributed by atoms with van der Waals surface area (Å²) < 4.78 is 0. The minimum absolute atomic E-state index is 0.00269. The summed E-state index contributed by atoms with van der Waals surface area (Å²) in [5.74, 6) is 0.0483. The van der Waals surface area contributed by atoms with E-state index >= 15 is 0 Å². The van der Waals surface area contributed by atoms with Crippen LogP contribution >= 0.6 is 11.3 Å². The van der Waals surface area contributed by atoms with Crippen LogP contribution in [0.4, 0.5) is 0 Å². The normalized spacial score (nSPS) is 13.5. The Morgan fingerprint density at radius 2 is 2.25 bits per heavy atom. The number of amides is 1. The summed E-state index contributed by atoms with van der Waals surface area (Å²) in [5, 5.41) is 7.96. The lowest BCUT2D eigenvalue weighted by molar-refractivity contribution is -0.122. The SMILES string of the molecule is CNC(C)C(=O)NCC(C)(C)c1cccs1. The summed E-state index contributed by atoms with van der Waals surface area (Å²) in [4.78, 5) is 12.9. The van der Waals surface area contributed by atoms with Gasteiger partial charge in [-0.05, 0) is 25.4 Å². The molecule has 0 spiro atoms. The van der Waals surface area contributed by atoms with Gasteiger partial charge in [0.15, 0.2) is 0 Å². The van der Waals surface area contributed by atoms with Gasteiger partial charge in [-0.3, -0.25) is 4.79 Å². The maximum absolute atomic E-state index is 11.6. The van der Waals surface area contributed by atoms with Crippen LogP contribution in [0.15, 0.2) is 17.5 Å². The quantitative estimate of drug-likeness (QED) is 0.823. The molecular formula is C12H20N2OS. The molecule has 1 aromatic heterocycles. The summed E-state index contributed by atoms with van der Waals surface area (Å²) >= 11 is 1.73. The number of nitrogens with one attached hydrogen (secondary N) is 2. The van der Waals surface area contributed by atoms with Gasteiger partial charge in [-0.25, -0.2) is 0 Å². The molecule has 0 saturated carbocycles. The second-order valence-electron chi connectivity index (χ2n) is 4.59. The van der Waals surface area contributed by atoms with Crippen LogP contribution in [0.3, 0.4) is 0 Å². The molecule has 1 rings (SSSR count). The fraction of sp³-hybridized carbons (Fsp3) is 0.583. The van der Waals surface area contributed by atoms with E-state index < -0.39 is 0 Å². The highest BCUT2D eigenvalue weighted by atomic mass is 32.1. The van der Waals surface area contributed by atoms with Crippen LogP contribution in [0.5, 0.6) is 0 Å². The van der Waals surface area contributed by atoms with E-state index in [-0.39, 0.29) is 17.4 Å². The monoisotopic (exact) mass is 240 g/mol. The van der Waals surface area contributed by atoms with Gasteiger partial charge in [0.05, 0.1) is 6.04 Å². The summed E-state index contributed by atoms with van der Waals surface area (Å²) in [6.45, 7) is 6.80. The van der Waals surface area contributed by atoms with Crippen LogP contribution in [0.1, 0.15) is 25.6 Å². The first-order valence-corrected chi connectivity index (χ1v) is 6.34. The molecule has 1 aromatic rings. The van der Waals surface area contributed by atoms with Crippen molar-refractivity contribution in [3.63, 3.8) is 0 Å². The number of hydrogen-bond acceptors (Lipinski definition) is 3. The molecule has 0 aromatic carbocycles. The molecule has 2 N–H and O–H groups in total. The predicted octanol–water partition coefficient (Wildman–Crippen LogP) is 1.75. The Morgan fingerprint density at radius 1 is 1.56 bits per heavy atom. The van der Waals surface area contributed by atoms with Crippen LogP contribution in [0.25, 0.3) is 0 Å². The number of hydrogen-bond donors (Lipinski definition) is 2. The lowest BCUT2D eigenvalue weighted by Crippen LogP contribution is -2.44. The zero-order valence-corrected chi connectivity index (χ0v) is 11.1. The summed E-state index contributed by atoms with van der Waals surface area (Å²) in [7, 11) is 1.79. The molecule has 0 radical (unpaired) electrons. The van der Waals surface area contributed by atoms with E-state index in [4.69, 9.17) is 0 Å². The first kappa shape index (κ1) is 13.2. The topological polar surface area (TPSA) is 41.1 Å². The van der Waals surface area contributed by atoms with Crippen molar-refractivity contribution in [1.29, 1.82) is 0 Å². The van der Waals surface area contributed by atoms with Crippen molar-refractivity contribution in [1.82, 2.24) is 10.6 Å². The minimum Gasteiger partial charge on any atom is -0.354 e. The Balaban J connectivity index is 2.52. The maximum Gasteiger partial charge on any atom is 0.236 e. The van der Waals surface area contributed by atoms with Gasteiger partial charge < -0.3 is 10.6 Å². The molecule has 1 heterocycles. The van der Waals surface area contributed by atoms with E-state index in [9.17, 15) is 4.79 Å². The maximum atomic E-state index is 11.6. The molecule has 90 valence electrons. The molecule has 0 fully saturated rings. The Bertz CT molecular complexity index is 333. The molecule has 1 atom stereocenters. The Morgan fingerprint density at radius 3 is 2.75 bits per heavy atom. The predicted molar refractivity (Wildman–Crippen MR) is 68.9 cm³/mol. The molecule has 0 saturated heterocycles. The number of likely N-dealkylation sites (N-methyl/N-ethyl adjacent to an activating group) is 1. The lowest BCUT2D eigenvalue weighted by atomic mass is 9.91. The highest BCUT2D eigenvalue weighted by Gasteiger charge is 2.23. The number of rotatable bonds is 5. The highest BCUT2D eigenvalue weighted by molar-refractivity contribution is 7.10. The van der Waals surface area contributed by atoms with Gasteiger partial charge in [0.1, 0.15) is 0 Å². The Kier molecular flexibility index (Phi) is 4.50. The van der Waals surface area contributed by atoms with Crippen LogP contribution in [-0.2, 0) is 10.2 Å². The van der Waals surface area contributed by atoms with E-state index in [1.807, 2.05) is 13.0 Å². The van der Waals surface area contributed by atoms with Crippen LogP contribution in [0.2, 0.25) is 0 Å². The first-order chi connectivity index (χ1) is 7.47. The van der Waals surface area contributed by atoms with E-state index in [1.54, 1.807) is 18.4 Å². The largest absolute Gasteiger partial charge is 0.354 e. The lowest BCUT2D eigenvalue weighted by Gasteiger charge is -2.24. The summed E-state index contributed by atoms with van der Waals surface area (Å²) in [6, 6.07) is 4.01. The van der Waals surface area contributed by atoms with E-state index in [0.29, 0.717) is 6.54 Å². The third kappa shape index (κ3) is 3.32. The van der Waals surface area contributed by atoms with Crippen molar-refractivity contribution in [3.05, 3.63) is 22.4 Å². The number of carbonyl (C=O) groups excluding carboxylic acids is 1. The zero-order chi connectivity index (χ0) is 12.2. The molecule has 0 aliphatic heterocycles. The molecule has 0 aliphatic carbocycles. The van der Waals surface area contributed by atoms with E-state index in [1.165, 1.54) is 4.88 Å². The molecule has 1 amide bonds. The standard InChI is InChI=1S/C12H20N2OS/c1-9(13-4)11(15)14-8-12(2,3)10-6-5-7-16-10/h5-7,9,13H,8H2,1-4H3,(H,14,15). The molecule has 0 bridgehead atoms. The molecule has 3 nitrogen and oxygen atoms in total. The number of thiophene rings is 1. The van der Waals surface area contributed by atoms with Crippen molar-refractivity contribution in [2.75, 3.05) is 13.6 Å². The number of carbonyl (C=O) groups is 1. The van der Waals surface area contributed by atoms with Gasteiger partial charge in [-0.2, -0.15) is 0 Å². The fourth-order valence-electron chi connectivity index (χ4n) is 1.34. The van der Waals surface area contributed by atoms with Crippen molar-refractivity contribution >= 4 is 17.2 Å². The van der Waals surface area contributed by atoms with Crippen LogP contribution < -0.4 is 10.6 Å². The molecule has 1 unspecified atom stereocenters. The van der Waals surface area contributed by atoms with Crippen LogP contribution in [0, 0.1) is 0 Å². The Hall–Kier alpha value is -0.870. The molecule has 16 heavy (non-hydrogen) atoms. The summed E-state index contributed by atoms with van der Waals surface area (Å²) in [5.41, 5.74) is -0.00269. The highest BCUT2D eigenvalue weighted by Crippen LogP contribution is 2.26. The minimum atomic E-state index is -0.140. The van der Waals surface area contributed by atoms with Gasteiger partial charge in [0, 0.05) is 16.8 Å². The van der Waals surface area contributed by atoms with E-state index in [0.717, 1.165) is 0 Å². The smallest absolute Gasteiger partial charge is 0.236 e. The average Bonchev–Trinajstić information content (AvgIpc) is 2.78. The van der Waals surface area contributed by atoms with Crippen molar-refractivity contribution < 1.29 is 4.79 Å². The van der Waals surface area contributed by atoms with Gasteiger partial charge in [0.2, 0.25) is 5.91 Å². The van der Waals surface area contributed by atoms with Crippen molar-refractivity contribution in [2.24, 2.45) is 0 Å². The zero-order valence-electron chi connectivity index (χ0n) is 10.3. The Labute approximate surface area is 101 Å². The van der Waals surface area contributed by atoms with Crippen LogP contribution in [-0.4, -0.2) is 25.5 Å². The van der Waals surface area contributed by atoms with Gasteiger partial charge in [-0.15, -0.1) is 11.3 Å². The van der Waals surface area contributed by atoms with Crippen molar-refractivity contribution in [3.8, 4) is 0 Å². The second kappa shape index (κ2) is 5.46. The molecule has 4 heteroatoms. The average molecular weight is 240 g/mol. The second-order valence-corrected chi connectivity index (χ2v) is 5.54. The third-order valence-corrected chi connectivity index (χ3v) is 3.95.